The van der Waals surface area contributed by atoms with Gasteiger partial charge in [0.25, 0.3) is 0 Å². The minimum Gasteiger partial charge on any atom is -0.381 e. The summed E-state index contributed by atoms with van der Waals surface area (Å²) < 4.78 is 11.2. The fourth-order valence-corrected chi connectivity index (χ4v) is 4.02. The highest BCUT2D eigenvalue weighted by atomic mass is 16.5. The Kier molecular flexibility index (Phi) is 8.93. The Morgan fingerprint density at radius 1 is 1.00 bits per heavy atom. The van der Waals surface area contributed by atoms with Gasteiger partial charge >= 0.3 is 0 Å². The van der Waals surface area contributed by atoms with Crippen LogP contribution in [0, 0.1) is 17.8 Å². The quantitative estimate of drug-likeness (QED) is 0.610. The van der Waals surface area contributed by atoms with Crippen LogP contribution in [0.4, 0.5) is 0 Å². The Labute approximate surface area is 157 Å². The van der Waals surface area contributed by atoms with Crippen LogP contribution in [-0.4, -0.2) is 43.8 Å². The minimum atomic E-state index is -0.101. The maximum Gasteiger partial charge on any atom is 0.247 e. The maximum atomic E-state index is 12.0. The van der Waals surface area contributed by atoms with Crippen molar-refractivity contribution in [2.75, 3.05) is 13.7 Å². The Morgan fingerprint density at radius 3 is 2.19 bits per heavy atom. The summed E-state index contributed by atoms with van der Waals surface area (Å²) in [5, 5.41) is 0. The van der Waals surface area contributed by atoms with Gasteiger partial charge in [-0.25, -0.2) is 4.99 Å². The van der Waals surface area contributed by atoms with Gasteiger partial charge in [-0.15, -0.1) is 0 Å². The minimum absolute atomic E-state index is 0.101. The lowest BCUT2D eigenvalue weighted by molar-refractivity contribution is -0.127. The first-order valence-electron chi connectivity index (χ1n) is 10.2. The Hall–Kier alpha value is -1.07. The molecule has 0 aliphatic heterocycles. The molecule has 2 rings (SSSR count). The van der Waals surface area contributed by atoms with Crippen LogP contribution in [0.25, 0.3) is 0 Å². The van der Waals surface area contributed by atoms with Gasteiger partial charge in [-0.1, -0.05) is 13.8 Å². The largest absolute Gasteiger partial charge is 0.381 e. The molecule has 5 heteroatoms. The molecule has 0 aromatic heterocycles. The van der Waals surface area contributed by atoms with Gasteiger partial charge in [-0.2, -0.15) is 0 Å². The molecule has 0 unspecified atom stereocenters. The first-order valence-corrected chi connectivity index (χ1v) is 10.2. The molecule has 0 radical (unpaired) electrons. The third-order valence-corrected chi connectivity index (χ3v) is 5.80. The van der Waals surface area contributed by atoms with Crippen molar-refractivity contribution in [2.45, 2.75) is 83.8 Å². The number of carbonyl (C=O) groups is 2. The van der Waals surface area contributed by atoms with E-state index in [4.69, 9.17) is 9.47 Å². The third kappa shape index (κ3) is 6.92. The first kappa shape index (κ1) is 21.2. The van der Waals surface area contributed by atoms with E-state index in [9.17, 15) is 9.59 Å². The molecule has 2 aliphatic carbocycles. The topological polar surface area (TPSA) is 65.0 Å². The summed E-state index contributed by atoms with van der Waals surface area (Å²) in [6, 6.07) is 0. The normalized spacial score (nSPS) is 30.0. The average molecular weight is 366 g/mol. The molecule has 0 aromatic rings. The highest BCUT2D eigenvalue weighted by Crippen LogP contribution is 2.30. The molecule has 5 nitrogen and oxygen atoms in total. The zero-order valence-electron chi connectivity index (χ0n) is 16.6. The van der Waals surface area contributed by atoms with E-state index in [1.54, 1.807) is 7.11 Å². The van der Waals surface area contributed by atoms with Crippen LogP contribution in [-0.2, 0) is 19.1 Å². The monoisotopic (exact) mass is 365 g/mol. The van der Waals surface area contributed by atoms with Crippen molar-refractivity contribution in [2.24, 2.45) is 22.7 Å². The van der Waals surface area contributed by atoms with Crippen molar-refractivity contribution < 1.29 is 19.1 Å². The van der Waals surface area contributed by atoms with Crippen LogP contribution in [0.5, 0.6) is 0 Å². The lowest BCUT2D eigenvalue weighted by Gasteiger charge is -2.27. The SMILES string of the molecule is COC1CCC(OCCC(=O)N=CC2CCC(C(=O)C(C)C)CC2)CC1. The van der Waals surface area contributed by atoms with Crippen LogP contribution >= 0.6 is 0 Å². The number of amides is 1. The smallest absolute Gasteiger partial charge is 0.247 e. The summed E-state index contributed by atoms with van der Waals surface area (Å²) >= 11 is 0. The molecule has 148 valence electrons. The van der Waals surface area contributed by atoms with E-state index < -0.39 is 0 Å². The average Bonchev–Trinajstić information content (AvgIpc) is 2.66. The zero-order valence-corrected chi connectivity index (χ0v) is 16.6. The van der Waals surface area contributed by atoms with E-state index in [1.807, 2.05) is 20.1 Å². The molecular weight excluding hydrogens is 330 g/mol. The lowest BCUT2D eigenvalue weighted by Crippen LogP contribution is -2.26. The van der Waals surface area contributed by atoms with Crippen LogP contribution in [0.2, 0.25) is 0 Å². The van der Waals surface area contributed by atoms with Gasteiger partial charge < -0.3 is 9.47 Å². The molecule has 2 fully saturated rings. The molecule has 26 heavy (non-hydrogen) atoms. The van der Waals surface area contributed by atoms with E-state index in [0.29, 0.717) is 30.8 Å². The van der Waals surface area contributed by atoms with Crippen LogP contribution in [0.1, 0.15) is 71.6 Å². The third-order valence-electron chi connectivity index (χ3n) is 5.80. The number of ether oxygens (including phenoxy) is 2. The van der Waals surface area contributed by atoms with Gasteiger partial charge in [0, 0.05) is 25.2 Å². The Bertz CT molecular complexity index is 472. The molecule has 1 amide bonds. The highest BCUT2D eigenvalue weighted by molar-refractivity contribution is 5.86. The number of hydrogen-bond donors (Lipinski definition) is 0. The van der Waals surface area contributed by atoms with Crippen molar-refractivity contribution in [3.63, 3.8) is 0 Å². The number of ketones is 1. The zero-order chi connectivity index (χ0) is 18.9. The lowest BCUT2D eigenvalue weighted by atomic mass is 9.78. The van der Waals surface area contributed by atoms with Gasteiger partial charge in [0.05, 0.1) is 25.2 Å². The molecule has 0 N–H and O–H groups in total. The van der Waals surface area contributed by atoms with Crippen LogP contribution in [0.3, 0.4) is 0 Å². The maximum absolute atomic E-state index is 12.0. The number of methoxy groups -OCH3 is 1. The van der Waals surface area contributed by atoms with Gasteiger partial charge in [0.15, 0.2) is 0 Å². The molecule has 2 saturated carbocycles. The van der Waals surface area contributed by atoms with Crippen molar-refractivity contribution in [3.8, 4) is 0 Å². The molecule has 0 saturated heterocycles. The second-order valence-electron chi connectivity index (χ2n) is 8.10. The number of carbonyl (C=O) groups excluding carboxylic acids is 2. The Morgan fingerprint density at radius 2 is 1.62 bits per heavy atom. The predicted molar refractivity (Wildman–Crippen MR) is 102 cm³/mol. The van der Waals surface area contributed by atoms with E-state index in [2.05, 4.69) is 4.99 Å². The van der Waals surface area contributed by atoms with Gasteiger partial charge in [-0.3, -0.25) is 9.59 Å². The summed E-state index contributed by atoms with van der Waals surface area (Å²) in [6.07, 6.45) is 10.6. The molecule has 0 spiro atoms. The van der Waals surface area contributed by atoms with Crippen LogP contribution < -0.4 is 0 Å². The summed E-state index contributed by atoms with van der Waals surface area (Å²) in [7, 11) is 1.76. The molecule has 0 atom stereocenters. The summed E-state index contributed by atoms with van der Waals surface area (Å²) in [5.74, 6) is 0.942. The summed E-state index contributed by atoms with van der Waals surface area (Å²) in [4.78, 5) is 28.1. The predicted octanol–water partition coefficient (Wildman–Crippen LogP) is 3.98. The van der Waals surface area contributed by atoms with E-state index in [1.165, 1.54) is 0 Å². The van der Waals surface area contributed by atoms with E-state index in [-0.39, 0.29) is 23.8 Å². The molecule has 2 aliphatic rings. The van der Waals surface area contributed by atoms with Crippen molar-refractivity contribution in [1.29, 1.82) is 0 Å². The Balaban J connectivity index is 1.59. The molecular formula is C21H35NO4. The summed E-state index contributed by atoms with van der Waals surface area (Å²) in [6.45, 7) is 4.40. The molecule has 0 bridgehead atoms. The van der Waals surface area contributed by atoms with Gasteiger partial charge in [0.1, 0.15) is 5.78 Å². The second kappa shape index (κ2) is 10.9. The summed E-state index contributed by atoms with van der Waals surface area (Å²) in [5.41, 5.74) is 0. The standard InChI is InChI=1S/C21H35NO4/c1-15(2)21(24)17-6-4-16(5-7-17)14-22-20(23)12-13-26-19-10-8-18(25-3)9-11-19/h14-19H,4-13H2,1-3H3. The van der Waals surface area contributed by atoms with Crippen LogP contribution in [0.15, 0.2) is 4.99 Å². The van der Waals surface area contributed by atoms with Crippen molar-refractivity contribution >= 4 is 17.9 Å². The fraction of sp³-hybridized carbons (Fsp3) is 0.857. The highest BCUT2D eigenvalue weighted by Gasteiger charge is 2.27. The number of rotatable bonds is 8. The van der Waals surface area contributed by atoms with Crippen molar-refractivity contribution in [3.05, 3.63) is 0 Å². The number of aliphatic imine (C=N–C) groups is 1. The van der Waals surface area contributed by atoms with E-state index in [0.717, 1.165) is 51.4 Å². The van der Waals surface area contributed by atoms with Gasteiger partial charge in [0.2, 0.25) is 5.91 Å². The molecule has 0 aromatic carbocycles. The number of nitrogens with zero attached hydrogens (tertiary/aromatic N) is 1. The van der Waals surface area contributed by atoms with Gasteiger partial charge in [-0.05, 0) is 57.3 Å². The number of Topliss-reactive ketones (excluding diaryl/α,β-unsaturated/α-hetero) is 1. The fourth-order valence-electron chi connectivity index (χ4n) is 4.02. The number of hydrogen-bond acceptors (Lipinski definition) is 4. The second-order valence-corrected chi connectivity index (χ2v) is 8.10. The first-order chi connectivity index (χ1) is 12.5. The van der Waals surface area contributed by atoms with Crippen molar-refractivity contribution in [1.82, 2.24) is 0 Å². The molecule has 0 heterocycles. The van der Waals surface area contributed by atoms with E-state index >= 15 is 0 Å².